The minimum Gasteiger partial charge on any atom is -0.462 e. The maximum atomic E-state index is 11.9. The lowest BCUT2D eigenvalue weighted by molar-refractivity contribution is 0.0523. The minimum absolute atomic E-state index is 0.304. The molecule has 2 aromatic carbocycles. The molecular weight excluding hydrogens is 242 g/mol. The first-order valence-corrected chi connectivity index (χ1v) is 6.01. The lowest BCUT2D eigenvalue weighted by atomic mass is 10.1. The van der Waals surface area contributed by atoms with E-state index in [0.29, 0.717) is 29.4 Å². The normalized spacial score (nSPS) is 9.95. The van der Waals surface area contributed by atoms with Crippen LogP contribution >= 0.6 is 0 Å². The van der Waals surface area contributed by atoms with E-state index >= 15 is 0 Å². The summed E-state index contributed by atoms with van der Waals surface area (Å²) in [5, 5.41) is 0. The summed E-state index contributed by atoms with van der Waals surface area (Å²) in [6, 6.07) is 14.2. The lowest BCUT2D eigenvalue weighted by Gasteiger charge is -2.12. The number of para-hydroxylation sites is 2. The van der Waals surface area contributed by atoms with Crippen LogP contribution in [0, 0.1) is 0 Å². The van der Waals surface area contributed by atoms with E-state index < -0.39 is 5.97 Å². The van der Waals surface area contributed by atoms with Gasteiger partial charge in [0.25, 0.3) is 0 Å². The maximum absolute atomic E-state index is 11.9. The predicted octanol–water partition coefficient (Wildman–Crippen LogP) is 3.24. The maximum Gasteiger partial charge on any atom is 0.342 e. The summed E-state index contributed by atoms with van der Waals surface area (Å²) >= 11 is 0. The van der Waals surface area contributed by atoms with Gasteiger partial charge in [-0.2, -0.15) is 0 Å². The summed E-state index contributed by atoms with van der Waals surface area (Å²) in [4.78, 5) is 11.9. The molecule has 0 aliphatic heterocycles. The number of nitrogens with two attached hydrogens (primary N) is 1. The summed E-state index contributed by atoms with van der Waals surface area (Å²) in [6.07, 6.45) is 0. The second kappa shape index (κ2) is 5.91. The molecule has 0 amide bonds. The Hall–Kier alpha value is -2.49. The van der Waals surface area contributed by atoms with Gasteiger partial charge in [-0.1, -0.05) is 24.3 Å². The Labute approximate surface area is 111 Å². The van der Waals surface area contributed by atoms with Gasteiger partial charge in [-0.15, -0.1) is 0 Å². The fourth-order valence-corrected chi connectivity index (χ4v) is 1.64. The van der Waals surface area contributed by atoms with Crippen LogP contribution in [-0.2, 0) is 4.74 Å². The van der Waals surface area contributed by atoms with E-state index in [9.17, 15) is 4.79 Å². The monoisotopic (exact) mass is 257 g/mol. The van der Waals surface area contributed by atoms with Crippen LogP contribution in [-0.4, -0.2) is 12.6 Å². The fourth-order valence-electron chi connectivity index (χ4n) is 1.64. The highest BCUT2D eigenvalue weighted by Gasteiger charge is 2.16. The average molecular weight is 257 g/mol. The van der Waals surface area contributed by atoms with Crippen molar-refractivity contribution in [3.63, 3.8) is 0 Å². The highest BCUT2D eigenvalue weighted by molar-refractivity contribution is 5.94. The van der Waals surface area contributed by atoms with Crippen molar-refractivity contribution in [2.24, 2.45) is 0 Å². The molecule has 0 bridgehead atoms. The Balaban J connectivity index is 2.36. The number of rotatable bonds is 4. The molecule has 0 saturated heterocycles. The molecule has 0 unspecified atom stereocenters. The van der Waals surface area contributed by atoms with Crippen molar-refractivity contribution < 1.29 is 14.3 Å². The number of carbonyl (C=O) groups is 1. The van der Waals surface area contributed by atoms with Gasteiger partial charge in [-0.05, 0) is 31.2 Å². The number of hydrogen-bond donors (Lipinski definition) is 1. The molecule has 0 saturated carbocycles. The van der Waals surface area contributed by atoms with E-state index in [2.05, 4.69) is 0 Å². The third-order valence-corrected chi connectivity index (χ3v) is 2.50. The summed E-state index contributed by atoms with van der Waals surface area (Å²) in [6.45, 7) is 2.06. The number of esters is 1. The molecule has 0 aliphatic carbocycles. The number of benzene rings is 2. The molecule has 0 heterocycles. The van der Waals surface area contributed by atoms with E-state index in [1.54, 1.807) is 37.3 Å². The van der Waals surface area contributed by atoms with Gasteiger partial charge in [0.1, 0.15) is 11.3 Å². The second-order valence-corrected chi connectivity index (χ2v) is 3.86. The topological polar surface area (TPSA) is 61.5 Å². The summed E-state index contributed by atoms with van der Waals surface area (Å²) in [7, 11) is 0. The van der Waals surface area contributed by atoms with Crippen molar-refractivity contribution >= 4 is 11.7 Å². The van der Waals surface area contributed by atoms with E-state index in [0.717, 1.165) is 0 Å². The molecule has 4 nitrogen and oxygen atoms in total. The smallest absolute Gasteiger partial charge is 0.342 e. The Morgan fingerprint density at radius 3 is 2.53 bits per heavy atom. The van der Waals surface area contributed by atoms with Crippen LogP contribution in [0.15, 0.2) is 48.5 Å². The highest BCUT2D eigenvalue weighted by atomic mass is 16.5. The fraction of sp³-hybridized carbons (Fsp3) is 0.133. The molecule has 0 radical (unpaired) electrons. The molecule has 2 N–H and O–H groups in total. The third-order valence-electron chi connectivity index (χ3n) is 2.50. The molecule has 2 rings (SSSR count). The molecule has 19 heavy (non-hydrogen) atoms. The molecule has 4 heteroatoms. The van der Waals surface area contributed by atoms with Gasteiger partial charge in [-0.3, -0.25) is 0 Å². The number of hydrogen-bond acceptors (Lipinski definition) is 4. The molecule has 98 valence electrons. The predicted molar refractivity (Wildman–Crippen MR) is 73.3 cm³/mol. The van der Waals surface area contributed by atoms with Crippen LogP contribution < -0.4 is 10.5 Å². The SMILES string of the molecule is CCOC(=O)c1cccc(N)c1Oc1ccccc1. The van der Waals surface area contributed by atoms with E-state index in [1.165, 1.54) is 0 Å². The van der Waals surface area contributed by atoms with Crippen molar-refractivity contribution in [2.75, 3.05) is 12.3 Å². The van der Waals surface area contributed by atoms with Gasteiger partial charge in [0.2, 0.25) is 0 Å². The van der Waals surface area contributed by atoms with Crippen LogP contribution in [0.4, 0.5) is 5.69 Å². The molecule has 0 spiro atoms. The summed E-state index contributed by atoms with van der Waals surface area (Å²) in [5.41, 5.74) is 6.59. The van der Waals surface area contributed by atoms with Crippen molar-refractivity contribution in [1.29, 1.82) is 0 Å². The van der Waals surface area contributed by atoms with Gasteiger partial charge in [0.05, 0.1) is 12.3 Å². The minimum atomic E-state index is -0.444. The van der Waals surface area contributed by atoms with Crippen LogP contribution in [0.2, 0.25) is 0 Å². The zero-order valence-corrected chi connectivity index (χ0v) is 10.6. The molecule has 0 atom stereocenters. The Morgan fingerprint density at radius 1 is 1.11 bits per heavy atom. The van der Waals surface area contributed by atoms with E-state index in [4.69, 9.17) is 15.2 Å². The van der Waals surface area contributed by atoms with Crippen LogP contribution in [0.1, 0.15) is 17.3 Å². The first-order valence-electron chi connectivity index (χ1n) is 6.01. The Kier molecular flexibility index (Phi) is 4.03. The zero-order chi connectivity index (χ0) is 13.7. The third kappa shape index (κ3) is 3.04. The van der Waals surface area contributed by atoms with Gasteiger partial charge in [0, 0.05) is 0 Å². The Morgan fingerprint density at radius 2 is 1.84 bits per heavy atom. The van der Waals surface area contributed by atoms with Crippen molar-refractivity contribution in [3.8, 4) is 11.5 Å². The van der Waals surface area contributed by atoms with E-state index in [-0.39, 0.29) is 0 Å². The Bertz CT molecular complexity index is 567. The first kappa shape index (κ1) is 13.0. The zero-order valence-electron chi connectivity index (χ0n) is 10.6. The van der Waals surface area contributed by atoms with E-state index in [1.807, 2.05) is 18.2 Å². The second-order valence-electron chi connectivity index (χ2n) is 3.86. The molecule has 0 fully saturated rings. The summed E-state index contributed by atoms with van der Waals surface area (Å²) in [5.74, 6) is 0.499. The van der Waals surface area contributed by atoms with Crippen molar-refractivity contribution in [3.05, 3.63) is 54.1 Å². The van der Waals surface area contributed by atoms with Crippen molar-refractivity contribution in [1.82, 2.24) is 0 Å². The first-order chi connectivity index (χ1) is 9.22. The number of carbonyl (C=O) groups excluding carboxylic acids is 1. The van der Waals surface area contributed by atoms with Gasteiger partial charge in [-0.25, -0.2) is 4.79 Å². The summed E-state index contributed by atoms with van der Waals surface area (Å²) < 4.78 is 10.7. The van der Waals surface area contributed by atoms with Gasteiger partial charge in [0.15, 0.2) is 5.75 Å². The lowest BCUT2D eigenvalue weighted by Crippen LogP contribution is -2.07. The standard InChI is InChI=1S/C15H15NO3/c1-2-18-15(17)12-9-6-10-13(16)14(12)19-11-7-4-3-5-8-11/h3-10H,2,16H2,1H3. The number of nitrogen functional groups attached to an aromatic ring is 1. The van der Waals surface area contributed by atoms with Crippen molar-refractivity contribution in [2.45, 2.75) is 6.92 Å². The molecule has 0 aromatic heterocycles. The van der Waals surface area contributed by atoms with Gasteiger partial charge < -0.3 is 15.2 Å². The molecule has 2 aromatic rings. The van der Waals surface area contributed by atoms with Gasteiger partial charge >= 0.3 is 5.97 Å². The molecular formula is C15H15NO3. The highest BCUT2D eigenvalue weighted by Crippen LogP contribution is 2.31. The largest absolute Gasteiger partial charge is 0.462 e. The molecule has 0 aliphatic rings. The number of ether oxygens (including phenoxy) is 2. The van der Waals surface area contributed by atoms with Crippen LogP contribution in [0.25, 0.3) is 0 Å². The number of anilines is 1. The van der Waals surface area contributed by atoms with Crippen LogP contribution in [0.5, 0.6) is 11.5 Å². The quantitative estimate of drug-likeness (QED) is 0.674. The average Bonchev–Trinajstić information content (AvgIpc) is 2.42. The van der Waals surface area contributed by atoms with Crippen LogP contribution in [0.3, 0.4) is 0 Å².